The number of methoxy groups -OCH3 is 1. The van der Waals surface area contributed by atoms with Gasteiger partial charge in [-0.15, -0.1) is 0 Å². The number of furan rings is 1. The van der Waals surface area contributed by atoms with Crippen LogP contribution in [-0.4, -0.2) is 36.9 Å². The lowest BCUT2D eigenvalue weighted by molar-refractivity contribution is -0.210. The van der Waals surface area contributed by atoms with Crippen LogP contribution in [0.3, 0.4) is 0 Å². The van der Waals surface area contributed by atoms with Crippen molar-refractivity contribution in [1.82, 2.24) is 0 Å². The molecule has 0 spiro atoms. The Hall–Kier alpha value is -3.68. The molecule has 2 saturated carbocycles. The van der Waals surface area contributed by atoms with Gasteiger partial charge in [0.25, 0.3) is 0 Å². The van der Waals surface area contributed by atoms with Crippen LogP contribution in [0.1, 0.15) is 69.4 Å². The van der Waals surface area contributed by atoms with Gasteiger partial charge < -0.3 is 18.6 Å². The van der Waals surface area contributed by atoms with E-state index in [9.17, 15) is 19.2 Å². The van der Waals surface area contributed by atoms with Crippen molar-refractivity contribution in [3.63, 3.8) is 0 Å². The Morgan fingerprint density at radius 1 is 1.05 bits per heavy atom. The average molecular weight is 535 g/mol. The smallest absolute Gasteiger partial charge is 0.310 e. The first-order chi connectivity index (χ1) is 18.6. The zero-order chi connectivity index (χ0) is 27.9. The maximum atomic E-state index is 14.0. The van der Waals surface area contributed by atoms with Crippen molar-refractivity contribution in [2.24, 2.45) is 28.6 Å². The first-order valence-electron chi connectivity index (χ1n) is 13.4. The van der Waals surface area contributed by atoms with Crippen LogP contribution in [0.25, 0.3) is 12.2 Å². The Kier molecular flexibility index (Phi) is 6.99. The number of ether oxygens (including phenoxy) is 3. The minimum atomic E-state index is -1.07. The number of benzene rings is 1. The molecule has 5 rings (SSSR count). The molecule has 0 bridgehead atoms. The number of fused-ring (bicyclic) bond motifs is 3. The number of esters is 3. The van der Waals surface area contributed by atoms with Gasteiger partial charge in [0.2, 0.25) is 0 Å². The largest absolute Gasteiger partial charge is 0.469 e. The Labute approximate surface area is 227 Å². The highest BCUT2D eigenvalue weighted by Gasteiger charge is 2.67. The normalized spacial score (nSPS) is 34.1. The van der Waals surface area contributed by atoms with Crippen molar-refractivity contribution in [2.75, 3.05) is 7.11 Å². The summed E-state index contributed by atoms with van der Waals surface area (Å²) in [5.74, 6) is -2.96. The fraction of sp³-hybridized carbons (Fsp3) is 0.484. The van der Waals surface area contributed by atoms with E-state index in [4.69, 9.17) is 18.6 Å². The summed E-state index contributed by atoms with van der Waals surface area (Å²) >= 11 is 0. The summed E-state index contributed by atoms with van der Waals surface area (Å²) in [5, 5.41) is 0. The molecule has 2 heterocycles. The third kappa shape index (κ3) is 4.60. The molecule has 0 amide bonds. The van der Waals surface area contributed by atoms with E-state index in [1.807, 2.05) is 56.3 Å². The van der Waals surface area contributed by atoms with Crippen molar-refractivity contribution in [3.8, 4) is 0 Å². The van der Waals surface area contributed by atoms with Crippen molar-refractivity contribution in [1.29, 1.82) is 0 Å². The van der Waals surface area contributed by atoms with Gasteiger partial charge in [-0.1, -0.05) is 50.3 Å². The van der Waals surface area contributed by atoms with Crippen molar-refractivity contribution in [3.05, 3.63) is 59.5 Å². The minimum Gasteiger partial charge on any atom is -0.469 e. The average Bonchev–Trinajstić information content (AvgIpc) is 3.37. The SMILES string of the molecule is COC(=O)[C@@H]1C[C@H](OC(C)=O)C(=O)[C@H]2[C@@]1(C)CC[C@H]1C(=O)O[C@H](c3ccoc3/C=C/c3ccccc3)C[C@]21C. The predicted octanol–water partition coefficient (Wildman–Crippen LogP) is 5.17. The van der Waals surface area contributed by atoms with Gasteiger partial charge in [-0.3, -0.25) is 19.2 Å². The second kappa shape index (κ2) is 10.1. The third-order valence-corrected chi connectivity index (χ3v) is 9.20. The van der Waals surface area contributed by atoms with Crippen LogP contribution in [0.2, 0.25) is 0 Å². The molecule has 1 aromatic heterocycles. The Bertz CT molecular complexity index is 1310. The van der Waals surface area contributed by atoms with Crippen LogP contribution in [0, 0.1) is 28.6 Å². The number of carbonyl (C=O) groups is 4. The maximum absolute atomic E-state index is 14.0. The quantitative estimate of drug-likeness (QED) is 0.382. The first-order valence-corrected chi connectivity index (χ1v) is 13.4. The van der Waals surface area contributed by atoms with Crippen molar-refractivity contribution >= 4 is 35.8 Å². The monoisotopic (exact) mass is 534 g/mol. The zero-order valence-corrected chi connectivity index (χ0v) is 22.7. The van der Waals surface area contributed by atoms with Gasteiger partial charge in [0.05, 0.1) is 25.2 Å². The second-order valence-electron chi connectivity index (χ2n) is 11.5. The number of carbonyl (C=O) groups excluding carboxylic acids is 4. The zero-order valence-electron chi connectivity index (χ0n) is 22.7. The molecule has 2 aliphatic carbocycles. The fourth-order valence-electron chi connectivity index (χ4n) is 7.46. The van der Waals surface area contributed by atoms with Gasteiger partial charge in [-0.25, -0.2) is 0 Å². The van der Waals surface area contributed by atoms with Gasteiger partial charge in [0, 0.05) is 24.8 Å². The van der Waals surface area contributed by atoms with E-state index in [-0.39, 0.29) is 18.2 Å². The predicted molar refractivity (Wildman–Crippen MR) is 141 cm³/mol. The summed E-state index contributed by atoms with van der Waals surface area (Å²) < 4.78 is 22.3. The Morgan fingerprint density at radius 2 is 1.79 bits per heavy atom. The molecule has 3 aliphatic rings. The molecule has 39 heavy (non-hydrogen) atoms. The van der Waals surface area contributed by atoms with Crippen LogP contribution in [0.5, 0.6) is 0 Å². The summed E-state index contributed by atoms with van der Waals surface area (Å²) in [6, 6.07) is 11.6. The van der Waals surface area contributed by atoms with E-state index >= 15 is 0 Å². The molecule has 0 N–H and O–H groups in total. The number of rotatable bonds is 5. The lowest BCUT2D eigenvalue weighted by atomic mass is 9.43. The highest BCUT2D eigenvalue weighted by molar-refractivity contribution is 5.93. The first kappa shape index (κ1) is 26.9. The molecule has 1 aliphatic heterocycles. The molecule has 2 aromatic rings. The summed E-state index contributed by atoms with van der Waals surface area (Å²) in [6.45, 7) is 5.12. The van der Waals surface area contributed by atoms with Crippen LogP contribution >= 0.6 is 0 Å². The maximum Gasteiger partial charge on any atom is 0.310 e. The van der Waals surface area contributed by atoms with Crippen molar-refractivity contribution in [2.45, 2.75) is 58.7 Å². The highest BCUT2D eigenvalue weighted by atomic mass is 16.6. The fourth-order valence-corrected chi connectivity index (χ4v) is 7.46. The molecule has 7 atom stereocenters. The third-order valence-electron chi connectivity index (χ3n) is 9.20. The number of Topliss-reactive ketones (excluding diaryl/α,β-unsaturated/α-hetero) is 1. The van der Waals surface area contributed by atoms with Gasteiger partial charge in [-0.2, -0.15) is 0 Å². The van der Waals surface area contributed by atoms with E-state index in [1.165, 1.54) is 14.0 Å². The summed E-state index contributed by atoms with van der Waals surface area (Å²) in [6.07, 6.45) is 5.00. The Balaban J connectivity index is 1.52. The highest BCUT2D eigenvalue weighted by Crippen LogP contribution is 2.65. The number of hydrogen-bond donors (Lipinski definition) is 0. The lowest BCUT2D eigenvalue weighted by Gasteiger charge is -2.61. The number of cyclic esters (lactones) is 1. The molecule has 0 radical (unpaired) electrons. The van der Waals surface area contributed by atoms with E-state index < -0.39 is 52.7 Å². The van der Waals surface area contributed by atoms with E-state index in [0.717, 1.165) is 5.56 Å². The molecule has 0 unspecified atom stereocenters. The molecule has 8 nitrogen and oxygen atoms in total. The molecular formula is C31H34O8. The summed E-state index contributed by atoms with van der Waals surface area (Å²) in [7, 11) is 1.32. The molecule has 3 fully saturated rings. The number of hydrogen-bond acceptors (Lipinski definition) is 8. The van der Waals surface area contributed by atoms with Crippen LogP contribution < -0.4 is 0 Å². The van der Waals surface area contributed by atoms with E-state index in [2.05, 4.69) is 0 Å². The second-order valence-corrected chi connectivity index (χ2v) is 11.5. The van der Waals surface area contributed by atoms with Gasteiger partial charge >= 0.3 is 17.9 Å². The lowest BCUT2D eigenvalue weighted by Crippen LogP contribution is -2.64. The topological polar surface area (TPSA) is 109 Å². The summed E-state index contributed by atoms with van der Waals surface area (Å²) in [4.78, 5) is 52.4. The van der Waals surface area contributed by atoms with Crippen LogP contribution in [0.4, 0.5) is 0 Å². The number of ketones is 1. The molecule has 206 valence electrons. The summed E-state index contributed by atoms with van der Waals surface area (Å²) in [5.41, 5.74) is 0.105. The van der Waals surface area contributed by atoms with Crippen molar-refractivity contribution < 1.29 is 37.8 Å². The van der Waals surface area contributed by atoms with Gasteiger partial charge in [0.15, 0.2) is 11.9 Å². The van der Waals surface area contributed by atoms with Crippen LogP contribution in [0.15, 0.2) is 47.1 Å². The molecule has 1 aromatic carbocycles. The van der Waals surface area contributed by atoms with Gasteiger partial charge in [-0.05, 0) is 47.8 Å². The minimum absolute atomic E-state index is 0.0723. The standard InChI is InChI=1S/C31H34O8/c1-18(32)38-24-16-22(28(34)36-4)30(2)14-12-21-29(35)39-25(17-31(21,3)27(30)26(24)33)20-13-15-37-23(20)11-10-19-8-6-5-7-9-19/h5-11,13,15,21-22,24-25,27H,12,14,16-17H2,1-4H3/b11-10+/t21-,22-,24-,25-,27-,30-,31-/m0/s1. The van der Waals surface area contributed by atoms with Crippen LogP contribution in [-0.2, 0) is 33.4 Å². The van der Waals surface area contributed by atoms with E-state index in [0.29, 0.717) is 30.6 Å². The Morgan fingerprint density at radius 3 is 2.49 bits per heavy atom. The molecule has 8 heteroatoms. The molecular weight excluding hydrogens is 500 g/mol. The van der Waals surface area contributed by atoms with E-state index in [1.54, 1.807) is 12.3 Å². The molecule has 1 saturated heterocycles. The van der Waals surface area contributed by atoms with Gasteiger partial charge in [0.1, 0.15) is 11.9 Å².